The Labute approximate surface area is 111 Å². The van der Waals surface area contributed by atoms with E-state index in [0.29, 0.717) is 6.54 Å². The Kier molecular flexibility index (Phi) is 4.24. The van der Waals surface area contributed by atoms with Gasteiger partial charge in [0.2, 0.25) is 5.91 Å². The lowest BCUT2D eigenvalue weighted by Gasteiger charge is -2.11. The van der Waals surface area contributed by atoms with E-state index in [1.54, 1.807) is 7.11 Å². The minimum atomic E-state index is -0.523. The fourth-order valence-corrected chi connectivity index (χ4v) is 2.06. The van der Waals surface area contributed by atoms with Crippen molar-refractivity contribution in [2.45, 2.75) is 26.0 Å². The lowest BCUT2D eigenvalue weighted by Crippen LogP contribution is -2.24. The van der Waals surface area contributed by atoms with Crippen LogP contribution in [0.3, 0.4) is 0 Å². The van der Waals surface area contributed by atoms with Gasteiger partial charge in [-0.2, -0.15) is 5.48 Å². The lowest BCUT2D eigenvalue weighted by atomic mass is 10.1. The van der Waals surface area contributed by atoms with Crippen LogP contribution in [0, 0.1) is 0 Å². The number of ether oxygens (including phenoxy) is 2. The number of carbonyl (C=O) groups is 1. The molecule has 1 amide bonds. The van der Waals surface area contributed by atoms with Crippen molar-refractivity contribution in [2.75, 3.05) is 13.7 Å². The number of methoxy groups -OCH3 is 1. The standard InChI is InChI=1S/C13H18N2O4/c1-8-3-9-4-11(17-2)10(5-12(9)19-8)6-15-18-7-13(14)16/h4-5,8,15H,3,6-7H2,1-2H3,(H2,14,16). The predicted octanol–water partition coefficient (Wildman–Crippen LogP) is 0.525. The molecule has 0 aliphatic carbocycles. The molecule has 19 heavy (non-hydrogen) atoms. The quantitative estimate of drug-likeness (QED) is 0.579. The summed E-state index contributed by atoms with van der Waals surface area (Å²) in [5.74, 6) is 1.12. The molecule has 2 rings (SSSR count). The molecule has 6 nitrogen and oxygen atoms in total. The fourth-order valence-electron chi connectivity index (χ4n) is 2.06. The average Bonchev–Trinajstić information content (AvgIpc) is 2.72. The Hall–Kier alpha value is -1.79. The maximum absolute atomic E-state index is 10.5. The summed E-state index contributed by atoms with van der Waals surface area (Å²) in [7, 11) is 1.62. The Morgan fingerprint density at radius 2 is 2.37 bits per heavy atom. The van der Waals surface area contributed by atoms with Crippen molar-refractivity contribution in [3.05, 3.63) is 23.3 Å². The third kappa shape index (κ3) is 3.36. The van der Waals surface area contributed by atoms with Gasteiger partial charge in [-0.1, -0.05) is 0 Å². The molecule has 0 spiro atoms. The molecule has 1 aliphatic rings. The van der Waals surface area contributed by atoms with Crippen LogP contribution in [-0.2, 0) is 22.6 Å². The van der Waals surface area contributed by atoms with Gasteiger partial charge in [-0.25, -0.2) is 0 Å². The molecular weight excluding hydrogens is 248 g/mol. The second-order valence-electron chi connectivity index (χ2n) is 4.48. The topological polar surface area (TPSA) is 82.8 Å². The normalized spacial score (nSPS) is 16.8. The van der Waals surface area contributed by atoms with E-state index >= 15 is 0 Å². The van der Waals surface area contributed by atoms with E-state index < -0.39 is 5.91 Å². The van der Waals surface area contributed by atoms with Crippen LogP contribution in [-0.4, -0.2) is 25.7 Å². The molecule has 0 saturated carbocycles. The Morgan fingerprint density at radius 1 is 1.58 bits per heavy atom. The first-order valence-corrected chi connectivity index (χ1v) is 6.09. The number of nitrogens with two attached hydrogens (primary N) is 1. The number of hydrogen-bond acceptors (Lipinski definition) is 5. The summed E-state index contributed by atoms with van der Waals surface area (Å²) < 4.78 is 11.0. The maximum atomic E-state index is 10.5. The van der Waals surface area contributed by atoms with Crippen molar-refractivity contribution >= 4 is 5.91 Å². The Balaban J connectivity index is 2.03. The molecule has 1 aromatic rings. The van der Waals surface area contributed by atoms with E-state index in [2.05, 4.69) is 5.48 Å². The average molecular weight is 266 g/mol. The summed E-state index contributed by atoms with van der Waals surface area (Å²) in [6.45, 7) is 2.27. The summed E-state index contributed by atoms with van der Waals surface area (Å²) in [4.78, 5) is 15.5. The number of rotatable bonds is 6. The minimum absolute atomic E-state index is 0.166. The zero-order valence-corrected chi connectivity index (χ0v) is 11.1. The number of benzene rings is 1. The molecule has 1 heterocycles. The van der Waals surface area contributed by atoms with Crippen molar-refractivity contribution < 1.29 is 19.1 Å². The third-order valence-electron chi connectivity index (χ3n) is 2.88. The van der Waals surface area contributed by atoms with Crippen LogP contribution in [0.4, 0.5) is 0 Å². The van der Waals surface area contributed by atoms with E-state index in [4.69, 9.17) is 20.0 Å². The zero-order chi connectivity index (χ0) is 13.8. The van der Waals surface area contributed by atoms with Gasteiger partial charge in [0.05, 0.1) is 7.11 Å². The van der Waals surface area contributed by atoms with Crippen molar-refractivity contribution in [3.8, 4) is 11.5 Å². The van der Waals surface area contributed by atoms with Crippen LogP contribution in [0.2, 0.25) is 0 Å². The highest BCUT2D eigenvalue weighted by atomic mass is 16.6. The first-order chi connectivity index (χ1) is 9.10. The molecule has 104 valence electrons. The molecular formula is C13H18N2O4. The number of nitrogens with one attached hydrogen (secondary N) is 1. The van der Waals surface area contributed by atoms with E-state index in [-0.39, 0.29) is 12.7 Å². The number of hydroxylamine groups is 1. The summed E-state index contributed by atoms with van der Waals surface area (Å²) in [6, 6.07) is 3.90. The van der Waals surface area contributed by atoms with Gasteiger partial charge in [0.15, 0.2) is 0 Å². The monoisotopic (exact) mass is 266 g/mol. The molecule has 0 aromatic heterocycles. The first kappa shape index (κ1) is 13.6. The van der Waals surface area contributed by atoms with E-state index in [0.717, 1.165) is 29.0 Å². The number of fused-ring (bicyclic) bond motifs is 1. The molecule has 6 heteroatoms. The SMILES string of the molecule is COc1cc2c(cc1CNOCC(N)=O)OC(C)C2. The van der Waals surface area contributed by atoms with Crippen LogP contribution in [0.25, 0.3) is 0 Å². The molecule has 0 radical (unpaired) electrons. The number of amides is 1. The number of hydrogen-bond donors (Lipinski definition) is 2. The third-order valence-corrected chi connectivity index (χ3v) is 2.88. The Morgan fingerprint density at radius 3 is 3.05 bits per heavy atom. The molecule has 0 bridgehead atoms. The predicted molar refractivity (Wildman–Crippen MR) is 68.8 cm³/mol. The Bertz CT molecular complexity index is 476. The van der Waals surface area contributed by atoms with Crippen LogP contribution < -0.4 is 20.7 Å². The number of carbonyl (C=O) groups excluding carboxylic acids is 1. The van der Waals surface area contributed by atoms with Crippen molar-refractivity contribution in [2.24, 2.45) is 5.73 Å². The van der Waals surface area contributed by atoms with Crippen molar-refractivity contribution in [3.63, 3.8) is 0 Å². The maximum Gasteiger partial charge on any atom is 0.245 e. The minimum Gasteiger partial charge on any atom is -0.496 e. The summed E-state index contributed by atoms with van der Waals surface area (Å²) in [6.07, 6.45) is 1.08. The largest absolute Gasteiger partial charge is 0.496 e. The molecule has 0 fully saturated rings. The zero-order valence-electron chi connectivity index (χ0n) is 11.1. The molecule has 1 aromatic carbocycles. The van der Waals surface area contributed by atoms with Gasteiger partial charge < -0.3 is 15.2 Å². The highest BCUT2D eigenvalue weighted by Gasteiger charge is 2.21. The van der Waals surface area contributed by atoms with Gasteiger partial charge >= 0.3 is 0 Å². The van der Waals surface area contributed by atoms with E-state index in [9.17, 15) is 4.79 Å². The van der Waals surface area contributed by atoms with Gasteiger partial charge in [-0.05, 0) is 19.1 Å². The van der Waals surface area contributed by atoms with E-state index in [1.165, 1.54) is 0 Å². The second-order valence-corrected chi connectivity index (χ2v) is 4.48. The lowest BCUT2D eigenvalue weighted by molar-refractivity contribution is -0.125. The van der Waals surface area contributed by atoms with Gasteiger partial charge in [-0.3, -0.25) is 9.63 Å². The summed E-state index contributed by atoms with van der Waals surface area (Å²) >= 11 is 0. The highest BCUT2D eigenvalue weighted by Crippen LogP contribution is 2.34. The molecule has 1 aliphatic heterocycles. The second kappa shape index (κ2) is 5.90. The van der Waals surface area contributed by atoms with Gasteiger partial charge in [0.1, 0.15) is 24.2 Å². The van der Waals surface area contributed by atoms with Crippen LogP contribution >= 0.6 is 0 Å². The summed E-state index contributed by atoms with van der Waals surface area (Å²) in [5, 5.41) is 0. The molecule has 0 saturated heterocycles. The first-order valence-electron chi connectivity index (χ1n) is 6.09. The van der Waals surface area contributed by atoms with Crippen LogP contribution in [0.1, 0.15) is 18.1 Å². The van der Waals surface area contributed by atoms with Crippen molar-refractivity contribution in [1.82, 2.24) is 5.48 Å². The van der Waals surface area contributed by atoms with Crippen LogP contribution in [0.5, 0.6) is 11.5 Å². The molecule has 3 N–H and O–H groups in total. The van der Waals surface area contributed by atoms with Gasteiger partial charge in [-0.15, -0.1) is 0 Å². The van der Waals surface area contributed by atoms with Crippen molar-refractivity contribution in [1.29, 1.82) is 0 Å². The van der Waals surface area contributed by atoms with Crippen LogP contribution in [0.15, 0.2) is 12.1 Å². The van der Waals surface area contributed by atoms with E-state index in [1.807, 2.05) is 19.1 Å². The van der Waals surface area contributed by atoms with Gasteiger partial charge in [0.25, 0.3) is 0 Å². The smallest absolute Gasteiger partial charge is 0.245 e. The molecule has 1 atom stereocenters. The molecule has 1 unspecified atom stereocenters. The highest BCUT2D eigenvalue weighted by molar-refractivity contribution is 5.74. The fraction of sp³-hybridized carbons (Fsp3) is 0.462. The summed E-state index contributed by atoms with van der Waals surface area (Å²) in [5.41, 5.74) is 9.69. The number of primary amides is 1. The van der Waals surface area contributed by atoms with Gasteiger partial charge in [0, 0.05) is 24.1 Å².